The summed E-state index contributed by atoms with van der Waals surface area (Å²) in [6.07, 6.45) is 6.73. The number of nitrogens with two attached hydrogens (primary N) is 1. The Kier molecular flexibility index (Phi) is 8.88. The van der Waals surface area contributed by atoms with Crippen molar-refractivity contribution in [3.8, 4) is 0 Å². The van der Waals surface area contributed by atoms with Crippen molar-refractivity contribution in [2.45, 2.75) is 55.2 Å². The standard InChI is InChI=1S/C30H30ClN7O7S2/c1-14-9-10-16(12-20(14)35-30-37-28(31)36-29(38-30)34-15-5-4-6-17(11-15)46(41)42)33-21-13-22(47(43,44)45)25(32)24-23(21)26(39)18-7-2-3-8-19(18)27(24)40/h2-3,7-8,10,12-15,17,33H,4-6,9,11,32H2,1H3,(H,41,42)(H,43,44,45)(H2,34,35,36,37,38). The smallest absolute Gasteiger partial charge is 0.296 e. The monoisotopic (exact) mass is 699 g/mol. The number of allylic oxidation sites excluding steroid dienone is 3. The first-order chi connectivity index (χ1) is 22.3. The van der Waals surface area contributed by atoms with E-state index in [9.17, 15) is 31.3 Å². The maximum Gasteiger partial charge on any atom is 0.296 e. The summed E-state index contributed by atoms with van der Waals surface area (Å²) in [7, 11) is -4.88. The highest BCUT2D eigenvalue weighted by atomic mass is 35.5. The van der Waals surface area contributed by atoms with E-state index in [1.54, 1.807) is 18.2 Å². The van der Waals surface area contributed by atoms with E-state index >= 15 is 0 Å². The number of aromatic nitrogens is 3. The third kappa shape index (κ3) is 6.64. The summed E-state index contributed by atoms with van der Waals surface area (Å²) in [6, 6.07) is 7.06. The van der Waals surface area contributed by atoms with Crippen LogP contribution >= 0.6 is 11.6 Å². The molecule has 1 saturated carbocycles. The van der Waals surface area contributed by atoms with Gasteiger partial charge in [0.1, 0.15) is 4.90 Å². The van der Waals surface area contributed by atoms with Crippen molar-refractivity contribution in [1.29, 1.82) is 0 Å². The van der Waals surface area contributed by atoms with E-state index in [2.05, 4.69) is 30.9 Å². The van der Waals surface area contributed by atoms with Crippen molar-refractivity contribution in [3.63, 3.8) is 0 Å². The Bertz CT molecular complexity index is 2020. The van der Waals surface area contributed by atoms with Gasteiger partial charge < -0.3 is 26.2 Å². The third-order valence-corrected chi connectivity index (χ3v) is 10.5. The Labute approximate surface area is 277 Å². The van der Waals surface area contributed by atoms with Crippen LogP contribution in [0.4, 0.5) is 23.3 Å². The molecular weight excluding hydrogens is 670 g/mol. The van der Waals surface area contributed by atoms with Crippen molar-refractivity contribution >= 4 is 67.6 Å². The lowest BCUT2D eigenvalue weighted by Gasteiger charge is -2.28. The molecule has 2 aromatic carbocycles. The number of nitrogens with zero attached hydrogens (tertiary/aromatic N) is 3. The number of halogens is 1. The van der Waals surface area contributed by atoms with Crippen LogP contribution in [0.1, 0.15) is 70.9 Å². The number of hydrogen-bond donors (Lipinski definition) is 6. The molecule has 3 aromatic rings. The molecule has 0 radical (unpaired) electrons. The zero-order valence-corrected chi connectivity index (χ0v) is 27.2. The minimum Gasteiger partial charge on any atom is -0.397 e. The van der Waals surface area contributed by atoms with Crippen molar-refractivity contribution < 1.29 is 31.3 Å². The number of nitrogen functional groups attached to an aromatic ring is 1. The molecule has 4 unspecified atom stereocenters. The summed E-state index contributed by atoms with van der Waals surface area (Å²) in [6.45, 7) is 1.95. The SMILES string of the molecule is CC1CC=C(Nc2cc(S(=O)(=O)O)c(N)c3c2C(=O)c2ccccc2C3=O)C=C1Nc1nc(Cl)nc(NC2CCCC(S(=O)O)C2)n1. The zero-order valence-electron chi connectivity index (χ0n) is 24.9. The molecule has 4 atom stereocenters. The van der Waals surface area contributed by atoms with Crippen LogP contribution in [0.15, 0.2) is 58.8 Å². The van der Waals surface area contributed by atoms with E-state index in [-0.39, 0.29) is 62.3 Å². The summed E-state index contributed by atoms with van der Waals surface area (Å²) in [5.74, 6) is -0.895. The van der Waals surface area contributed by atoms with E-state index < -0.39 is 43.3 Å². The summed E-state index contributed by atoms with van der Waals surface area (Å²) in [4.78, 5) is 39.2. The average molecular weight is 700 g/mol. The van der Waals surface area contributed by atoms with Gasteiger partial charge in [0.15, 0.2) is 22.6 Å². The molecule has 14 nitrogen and oxygen atoms in total. The molecule has 47 heavy (non-hydrogen) atoms. The summed E-state index contributed by atoms with van der Waals surface area (Å²) >= 11 is 4.29. The Morgan fingerprint density at radius 2 is 1.70 bits per heavy atom. The molecular formula is C30H30ClN7O7S2. The first-order valence-corrected chi connectivity index (χ1v) is 17.6. The number of rotatable bonds is 8. The number of nitrogens with one attached hydrogen (secondary N) is 3. The number of carbonyl (C=O) groups is 2. The molecule has 6 rings (SSSR count). The van der Waals surface area contributed by atoms with Crippen LogP contribution in [0, 0.1) is 5.92 Å². The van der Waals surface area contributed by atoms with Crippen molar-refractivity contribution in [1.82, 2.24) is 15.0 Å². The number of anilines is 4. The molecule has 0 saturated heterocycles. The first kappa shape index (κ1) is 32.7. The number of carbonyl (C=O) groups excluding carboxylic acids is 2. The van der Waals surface area contributed by atoms with Gasteiger partial charge in [-0.05, 0) is 55.3 Å². The predicted octanol–water partition coefficient (Wildman–Crippen LogP) is 4.41. The highest BCUT2D eigenvalue weighted by Crippen LogP contribution is 2.40. The molecule has 7 N–H and O–H groups in total. The number of benzene rings is 2. The Morgan fingerprint density at radius 1 is 1.02 bits per heavy atom. The van der Waals surface area contributed by atoms with E-state index in [0.717, 1.165) is 18.9 Å². The molecule has 0 spiro atoms. The normalized spacial score (nSPS) is 21.6. The van der Waals surface area contributed by atoms with Gasteiger partial charge in [0.25, 0.3) is 10.1 Å². The average Bonchev–Trinajstić information content (AvgIpc) is 3.01. The number of hydrogen-bond acceptors (Lipinski definition) is 12. The maximum absolute atomic E-state index is 13.7. The van der Waals surface area contributed by atoms with Crippen LogP contribution in [-0.2, 0) is 21.2 Å². The summed E-state index contributed by atoms with van der Waals surface area (Å²) < 4.78 is 55.7. The van der Waals surface area contributed by atoms with Crippen LogP contribution in [-0.4, -0.2) is 59.5 Å². The topological polar surface area (TPSA) is 227 Å². The fraction of sp³-hybridized carbons (Fsp3) is 0.300. The fourth-order valence-electron chi connectivity index (χ4n) is 6.05. The Morgan fingerprint density at radius 3 is 2.38 bits per heavy atom. The van der Waals surface area contributed by atoms with Gasteiger partial charge in [0.2, 0.25) is 17.2 Å². The van der Waals surface area contributed by atoms with Crippen molar-refractivity contribution in [3.05, 3.63) is 81.4 Å². The van der Waals surface area contributed by atoms with Gasteiger partial charge in [-0.2, -0.15) is 23.4 Å². The van der Waals surface area contributed by atoms with Gasteiger partial charge in [-0.25, -0.2) is 4.21 Å². The minimum atomic E-state index is -4.88. The number of ketones is 2. The van der Waals surface area contributed by atoms with Crippen LogP contribution in [0.2, 0.25) is 5.28 Å². The quantitative estimate of drug-likeness (QED) is 0.0851. The van der Waals surface area contributed by atoms with Gasteiger partial charge in [-0.15, -0.1) is 0 Å². The highest BCUT2D eigenvalue weighted by Gasteiger charge is 2.36. The molecule has 3 aliphatic rings. The number of fused-ring (bicyclic) bond motifs is 2. The molecule has 0 bridgehead atoms. The van der Waals surface area contributed by atoms with Gasteiger partial charge in [0.05, 0.1) is 27.8 Å². The lowest BCUT2D eigenvalue weighted by Crippen LogP contribution is -2.33. The Balaban J connectivity index is 1.30. The lowest BCUT2D eigenvalue weighted by atomic mass is 9.82. The molecule has 1 fully saturated rings. The van der Waals surface area contributed by atoms with Crippen molar-refractivity contribution in [2.24, 2.45) is 5.92 Å². The second-order valence-electron chi connectivity index (χ2n) is 11.6. The third-order valence-electron chi connectivity index (χ3n) is 8.40. The summed E-state index contributed by atoms with van der Waals surface area (Å²) in [5, 5.41) is 8.99. The zero-order chi connectivity index (χ0) is 33.6. The van der Waals surface area contributed by atoms with Gasteiger partial charge in [-0.1, -0.05) is 43.7 Å². The Hall–Kier alpha value is -4.22. The first-order valence-electron chi connectivity index (χ1n) is 14.7. The maximum atomic E-state index is 13.7. The molecule has 1 heterocycles. The second kappa shape index (κ2) is 12.8. The van der Waals surface area contributed by atoms with Crippen LogP contribution in [0.25, 0.3) is 0 Å². The van der Waals surface area contributed by atoms with Crippen LogP contribution < -0.4 is 21.7 Å². The second-order valence-corrected chi connectivity index (χ2v) is 14.5. The molecule has 0 aliphatic heterocycles. The van der Waals surface area contributed by atoms with Gasteiger partial charge >= 0.3 is 0 Å². The van der Waals surface area contributed by atoms with E-state index in [0.29, 0.717) is 30.7 Å². The summed E-state index contributed by atoms with van der Waals surface area (Å²) in [5.41, 5.74) is 6.42. The lowest BCUT2D eigenvalue weighted by molar-refractivity contribution is 0.0980. The highest BCUT2D eigenvalue weighted by molar-refractivity contribution is 7.86. The minimum absolute atomic E-state index is 0.0321. The molecule has 3 aliphatic carbocycles. The van der Waals surface area contributed by atoms with Gasteiger partial charge in [0, 0.05) is 28.6 Å². The van der Waals surface area contributed by atoms with E-state index in [1.807, 2.05) is 13.0 Å². The molecule has 246 valence electrons. The van der Waals surface area contributed by atoms with Crippen molar-refractivity contribution in [2.75, 3.05) is 21.7 Å². The van der Waals surface area contributed by atoms with E-state index in [1.165, 1.54) is 12.1 Å². The fourth-order valence-corrected chi connectivity index (χ4v) is 7.62. The van der Waals surface area contributed by atoms with Gasteiger partial charge in [-0.3, -0.25) is 14.1 Å². The molecule has 0 amide bonds. The van der Waals surface area contributed by atoms with Crippen LogP contribution in [0.5, 0.6) is 0 Å². The van der Waals surface area contributed by atoms with E-state index in [4.69, 9.17) is 17.3 Å². The largest absolute Gasteiger partial charge is 0.397 e. The van der Waals surface area contributed by atoms with Crippen LogP contribution in [0.3, 0.4) is 0 Å². The predicted molar refractivity (Wildman–Crippen MR) is 176 cm³/mol. The molecule has 1 aromatic heterocycles. The molecule has 17 heteroatoms.